The standard InChI is InChI=1S/C23H26ClFN2O3/c1-15-11-20(12-16(2)23(15)24)30-14-21(28)26-19-7-9-27(10-8-19)22(29)13-17-3-5-18(25)6-4-17/h3-6,11-12,19H,7-10,13-14H2,1-2H3,(H,26,28). The van der Waals surface area contributed by atoms with Crippen LogP contribution in [-0.4, -0.2) is 42.5 Å². The van der Waals surface area contributed by atoms with Gasteiger partial charge in [0, 0.05) is 24.2 Å². The number of aryl methyl sites for hydroxylation is 2. The van der Waals surface area contributed by atoms with Gasteiger partial charge in [-0.3, -0.25) is 9.59 Å². The molecule has 1 fully saturated rings. The minimum absolute atomic E-state index is 0.0168. The topological polar surface area (TPSA) is 58.6 Å². The lowest BCUT2D eigenvalue weighted by molar-refractivity contribution is -0.131. The highest BCUT2D eigenvalue weighted by Gasteiger charge is 2.24. The van der Waals surface area contributed by atoms with Crippen LogP contribution in [0.3, 0.4) is 0 Å². The van der Waals surface area contributed by atoms with Gasteiger partial charge in [0.25, 0.3) is 5.91 Å². The quantitative estimate of drug-likeness (QED) is 0.754. The molecule has 2 aromatic rings. The number of piperidine rings is 1. The van der Waals surface area contributed by atoms with Crippen LogP contribution in [0.5, 0.6) is 5.75 Å². The Morgan fingerprint density at radius 1 is 1.13 bits per heavy atom. The van der Waals surface area contributed by atoms with E-state index in [0.29, 0.717) is 36.7 Å². The first-order valence-electron chi connectivity index (χ1n) is 10.0. The molecule has 5 nitrogen and oxygen atoms in total. The van der Waals surface area contributed by atoms with E-state index in [1.165, 1.54) is 12.1 Å². The molecule has 1 aliphatic rings. The van der Waals surface area contributed by atoms with Gasteiger partial charge in [0.2, 0.25) is 5.91 Å². The van der Waals surface area contributed by atoms with Crippen molar-refractivity contribution in [2.45, 2.75) is 39.2 Å². The predicted octanol–water partition coefficient (Wildman–Crippen LogP) is 3.82. The largest absolute Gasteiger partial charge is 0.484 e. The first-order chi connectivity index (χ1) is 14.3. The average molecular weight is 433 g/mol. The third kappa shape index (κ3) is 5.95. The zero-order valence-corrected chi connectivity index (χ0v) is 18.0. The van der Waals surface area contributed by atoms with Crippen molar-refractivity contribution >= 4 is 23.4 Å². The van der Waals surface area contributed by atoms with E-state index in [1.54, 1.807) is 17.0 Å². The Hall–Kier alpha value is -2.60. The second-order valence-corrected chi connectivity index (χ2v) is 8.06. The number of carbonyl (C=O) groups excluding carboxylic acids is 2. The molecule has 0 aromatic heterocycles. The fourth-order valence-corrected chi connectivity index (χ4v) is 3.68. The fraction of sp³-hybridized carbons (Fsp3) is 0.391. The molecule has 2 aromatic carbocycles. The Labute approximate surface area is 181 Å². The zero-order valence-electron chi connectivity index (χ0n) is 17.2. The molecule has 7 heteroatoms. The van der Waals surface area contributed by atoms with E-state index in [2.05, 4.69) is 5.32 Å². The highest BCUT2D eigenvalue weighted by Crippen LogP contribution is 2.25. The van der Waals surface area contributed by atoms with Crippen LogP contribution in [0, 0.1) is 19.7 Å². The van der Waals surface area contributed by atoms with Gasteiger partial charge in [-0.25, -0.2) is 4.39 Å². The van der Waals surface area contributed by atoms with Crippen LogP contribution < -0.4 is 10.1 Å². The molecule has 1 saturated heterocycles. The van der Waals surface area contributed by atoms with Gasteiger partial charge in [0.1, 0.15) is 11.6 Å². The Morgan fingerprint density at radius 2 is 1.73 bits per heavy atom. The number of halogens is 2. The van der Waals surface area contributed by atoms with Crippen molar-refractivity contribution in [1.29, 1.82) is 0 Å². The normalized spacial score (nSPS) is 14.5. The summed E-state index contributed by atoms with van der Waals surface area (Å²) in [6, 6.07) is 9.62. The second kappa shape index (κ2) is 9.94. The van der Waals surface area contributed by atoms with E-state index < -0.39 is 0 Å². The van der Waals surface area contributed by atoms with Crippen molar-refractivity contribution in [3.05, 3.63) is 63.9 Å². The molecule has 0 spiro atoms. The van der Waals surface area contributed by atoms with E-state index in [4.69, 9.17) is 16.3 Å². The molecule has 0 unspecified atom stereocenters. The summed E-state index contributed by atoms with van der Waals surface area (Å²) in [7, 11) is 0. The van der Waals surface area contributed by atoms with Crippen molar-refractivity contribution < 1.29 is 18.7 Å². The van der Waals surface area contributed by atoms with Gasteiger partial charge in [-0.05, 0) is 67.6 Å². The number of nitrogens with zero attached hydrogens (tertiary/aromatic N) is 1. The van der Waals surface area contributed by atoms with Gasteiger partial charge in [-0.15, -0.1) is 0 Å². The number of ether oxygens (including phenoxy) is 1. The number of benzene rings is 2. The minimum Gasteiger partial charge on any atom is -0.484 e. The molecule has 1 heterocycles. The number of carbonyl (C=O) groups is 2. The van der Waals surface area contributed by atoms with Crippen molar-refractivity contribution in [2.75, 3.05) is 19.7 Å². The molecule has 0 saturated carbocycles. The molecular weight excluding hydrogens is 407 g/mol. The predicted molar refractivity (Wildman–Crippen MR) is 114 cm³/mol. The molecule has 0 aliphatic carbocycles. The van der Waals surface area contributed by atoms with Crippen LogP contribution in [0.25, 0.3) is 0 Å². The first-order valence-corrected chi connectivity index (χ1v) is 10.4. The fourth-order valence-electron chi connectivity index (χ4n) is 3.57. The van der Waals surface area contributed by atoms with Crippen LogP contribution in [0.2, 0.25) is 5.02 Å². The molecule has 2 amide bonds. The van der Waals surface area contributed by atoms with Crippen molar-refractivity contribution in [2.24, 2.45) is 0 Å². The number of nitrogens with one attached hydrogen (secondary N) is 1. The second-order valence-electron chi connectivity index (χ2n) is 7.69. The van der Waals surface area contributed by atoms with E-state index in [9.17, 15) is 14.0 Å². The Morgan fingerprint density at radius 3 is 2.33 bits per heavy atom. The Bertz CT molecular complexity index is 886. The van der Waals surface area contributed by atoms with Crippen LogP contribution >= 0.6 is 11.6 Å². The van der Waals surface area contributed by atoms with Crippen LogP contribution in [0.1, 0.15) is 29.5 Å². The third-order valence-electron chi connectivity index (χ3n) is 5.26. The van der Waals surface area contributed by atoms with Crippen LogP contribution in [-0.2, 0) is 16.0 Å². The Kier molecular flexibility index (Phi) is 7.32. The molecular formula is C23H26ClFN2O3. The summed E-state index contributed by atoms with van der Waals surface area (Å²) in [5.74, 6) is 0.137. The van der Waals surface area contributed by atoms with Crippen LogP contribution in [0.4, 0.5) is 4.39 Å². The number of amides is 2. The maximum Gasteiger partial charge on any atom is 0.258 e. The van der Waals surface area contributed by atoms with E-state index in [0.717, 1.165) is 16.7 Å². The maximum atomic E-state index is 13.0. The molecule has 0 atom stereocenters. The summed E-state index contributed by atoms with van der Waals surface area (Å²) in [4.78, 5) is 26.5. The molecule has 1 N–H and O–H groups in total. The van der Waals surface area contributed by atoms with E-state index >= 15 is 0 Å². The smallest absolute Gasteiger partial charge is 0.258 e. The molecule has 3 rings (SSSR count). The lowest BCUT2D eigenvalue weighted by Crippen LogP contribution is -2.47. The summed E-state index contributed by atoms with van der Waals surface area (Å²) >= 11 is 6.15. The van der Waals surface area contributed by atoms with Crippen LogP contribution in [0.15, 0.2) is 36.4 Å². The van der Waals surface area contributed by atoms with Crippen molar-refractivity contribution in [1.82, 2.24) is 10.2 Å². The van der Waals surface area contributed by atoms with Gasteiger partial charge >= 0.3 is 0 Å². The minimum atomic E-state index is -0.312. The van der Waals surface area contributed by atoms with E-state index in [1.807, 2.05) is 26.0 Å². The summed E-state index contributed by atoms with van der Waals surface area (Å²) < 4.78 is 18.6. The average Bonchev–Trinajstić information content (AvgIpc) is 2.72. The van der Waals surface area contributed by atoms with E-state index in [-0.39, 0.29) is 36.7 Å². The SMILES string of the molecule is Cc1cc(OCC(=O)NC2CCN(C(=O)Cc3ccc(F)cc3)CC2)cc(C)c1Cl. The lowest BCUT2D eigenvalue weighted by Gasteiger charge is -2.32. The molecule has 30 heavy (non-hydrogen) atoms. The van der Waals surface area contributed by atoms with Gasteiger partial charge in [-0.2, -0.15) is 0 Å². The number of rotatable bonds is 6. The van der Waals surface area contributed by atoms with Gasteiger partial charge < -0.3 is 15.0 Å². The maximum absolute atomic E-state index is 13.0. The molecule has 1 aliphatic heterocycles. The zero-order chi connectivity index (χ0) is 21.7. The van der Waals surface area contributed by atoms with Gasteiger partial charge in [0.05, 0.1) is 6.42 Å². The highest BCUT2D eigenvalue weighted by atomic mass is 35.5. The molecule has 0 bridgehead atoms. The monoisotopic (exact) mass is 432 g/mol. The molecule has 0 radical (unpaired) electrons. The number of hydrogen-bond donors (Lipinski definition) is 1. The van der Waals surface area contributed by atoms with Gasteiger partial charge in [0.15, 0.2) is 6.61 Å². The first kappa shape index (κ1) is 22.1. The summed E-state index contributed by atoms with van der Waals surface area (Å²) in [6.07, 6.45) is 1.64. The Balaban J connectivity index is 1.41. The number of likely N-dealkylation sites (tertiary alicyclic amines) is 1. The molecule has 160 valence electrons. The van der Waals surface area contributed by atoms with Crippen molar-refractivity contribution in [3.63, 3.8) is 0 Å². The summed E-state index contributed by atoms with van der Waals surface area (Å²) in [5.41, 5.74) is 2.61. The van der Waals surface area contributed by atoms with Gasteiger partial charge in [-0.1, -0.05) is 23.7 Å². The highest BCUT2D eigenvalue weighted by molar-refractivity contribution is 6.32. The number of hydrogen-bond acceptors (Lipinski definition) is 3. The summed E-state index contributed by atoms with van der Waals surface area (Å²) in [6.45, 7) is 4.90. The third-order valence-corrected chi connectivity index (χ3v) is 5.86. The summed E-state index contributed by atoms with van der Waals surface area (Å²) in [5, 5.41) is 3.68. The van der Waals surface area contributed by atoms with Crippen molar-refractivity contribution in [3.8, 4) is 5.75 Å². The lowest BCUT2D eigenvalue weighted by atomic mass is 10.0.